The summed E-state index contributed by atoms with van der Waals surface area (Å²) in [6, 6.07) is 3.33. The van der Waals surface area contributed by atoms with Crippen LogP contribution in [0.3, 0.4) is 0 Å². The first-order valence-electron chi connectivity index (χ1n) is 8.80. The quantitative estimate of drug-likeness (QED) is 0.710. The summed E-state index contributed by atoms with van der Waals surface area (Å²) in [5.74, 6) is 3.73. The molecule has 0 bridgehead atoms. The van der Waals surface area contributed by atoms with Gasteiger partial charge in [0, 0.05) is 51.1 Å². The van der Waals surface area contributed by atoms with Crippen LogP contribution in [0.25, 0.3) is 11.0 Å². The SMILES string of the molecule is Cc1nc(N2CC3CN(c4ccc(=O)[nH]n4)CC3C2)c2cnn(C)c2n1. The molecule has 0 amide bonds. The smallest absolute Gasteiger partial charge is 0.264 e. The third-order valence-electron chi connectivity index (χ3n) is 5.46. The molecule has 2 aliphatic heterocycles. The van der Waals surface area contributed by atoms with Gasteiger partial charge in [-0.15, -0.1) is 0 Å². The van der Waals surface area contributed by atoms with E-state index in [9.17, 15) is 4.79 Å². The highest BCUT2D eigenvalue weighted by Crippen LogP contribution is 2.36. The predicted molar refractivity (Wildman–Crippen MR) is 97.3 cm³/mol. The van der Waals surface area contributed by atoms with Crippen molar-refractivity contribution in [1.82, 2.24) is 29.9 Å². The number of anilines is 2. The molecule has 26 heavy (non-hydrogen) atoms. The van der Waals surface area contributed by atoms with E-state index in [1.807, 2.05) is 20.2 Å². The van der Waals surface area contributed by atoms with Gasteiger partial charge in [0.05, 0.1) is 11.6 Å². The van der Waals surface area contributed by atoms with E-state index in [0.717, 1.165) is 54.7 Å². The van der Waals surface area contributed by atoms with Crippen molar-refractivity contribution >= 4 is 22.7 Å². The highest BCUT2D eigenvalue weighted by Gasteiger charge is 2.41. The van der Waals surface area contributed by atoms with E-state index < -0.39 is 0 Å². The molecule has 3 aromatic heterocycles. The minimum atomic E-state index is -0.168. The fourth-order valence-electron chi connectivity index (χ4n) is 4.22. The fourth-order valence-corrected chi connectivity index (χ4v) is 4.22. The molecule has 2 aliphatic rings. The Morgan fingerprint density at radius 3 is 2.50 bits per heavy atom. The van der Waals surface area contributed by atoms with E-state index in [1.54, 1.807) is 10.7 Å². The van der Waals surface area contributed by atoms with E-state index in [-0.39, 0.29) is 5.56 Å². The molecule has 0 spiro atoms. The molecule has 134 valence electrons. The van der Waals surface area contributed by atoms with E-state index in [2.05, 4.69) is 30.1 Å². The van der Waals surface area contributed by atoms with Gasteiger partial charge in [0.15, 0.2) is 5.65 Å². The first-order chi connectivity index (χ1) is 12.6. The zero-order chi connectivity index (χ0) is 17.8. The number of nitrogens with zero attached hydrogens (tertiary/aromatic N) is 7. The molecule has 0 aliphatic carbocycles. The van der Waals surface area contributed by atoms with Crippen molar-refractivity contribution in [2.75, 3.05) is 36.0 Å². The second kappa shape index (κ2) is 5.52. The van der Waals surface area contributed by atoms with E-state index in [4.69, 9.17) is 4.98 Å². The topological polar surface area (TPSA) is 95.8 Å². The first kappa shape index (κ1) is 15.3. The second-order valence-corrected chi connectivity index (χ2v) is 7.21. The maximum Gasteiger partial charge on any atom is 0.264 e. The Labute approximate surface area is 149 Å². The Morgan fingerprint density at radius 1 is 1.08 bits per heavy atom. The summed E-state index contributed by atoms with van der Waals surface area (Å²) in [7, 11) is 1.91. The zero-order valence-corrected chi connectivity index (χ0v) is 14.8. The van der Waals surface area contributed by atoms with Gasteiger partial charge in [0.25, 0.3) is 5.56 Å². The van der Waals surface area contributed by atoms with Crippen LogP contribution in [-0.2, 0) is 7.05 Å². The second-order valence-electron chi connectivity index (χ2n) is 7.21. The first-order valence-corrected chi connectivity index (χ1v) is 8.80. The lowest BCUT2D eigenvalue weighted by Crippen LogP contribution is -2.30. The van der Waals surface area contributed by atoms with Crippen LogP contribution in [0, 0.1) is 18.8 Å². The lowest BCUT2D eigenvalue weighted by atomic mass is 10.0. The standard InChI is InChI=1S/C17H20N8O/c1-10-19-16-13(5-18-23(16)2)17(20-10)25-8-11-6-24(7-12(11)9-25)14-3-4-15(26)22-21-14/h3-5,11-12H,6-9H2,1-2H3,(H,22,26). The molecule has 2 unspecified atom stereocenters. The Kier molecular flexibility index (Phi) is 3.25. The summed E-state index contributed by atoms with van der Waals surface area (Å²) in [5, 5.41) is 12.0. The number of rotatable bonds is 2. The van der Waals surface area contributed by atoms with Crippen molar-refractivity contribution in [2.45, 2.75) is 6.92 Å². The molecular weight excluding hydrogens is 332 g/mol. The van der Waals surface area contributed by atoms with Crippen molar-refractivity contribution < 1.29 is 0 Å². The van der Waals surface area contributed by atoms with Crippen molar-refractivity contribution in [2.24, 2.45) is 18.9 Å². The summed E-state index contributed by atoms with van der Waals surface area (Å²) in [6.07, 6.45) is 1.86. The van der Waals surface area contributed by atoms with E-state index in [0.29, 0.717) is 11.8 Å². The maximum atomic E-state index is 11.2. The van der Waals surface area contributed by atoms with Crippen LogP contribution in [0.5, 0.6) is 0 Å². The molecule has 5 heterocycles. The van der Waals surface area contributed by atoms with Crippen molar-refractivity contribution in [3.8, 4) is 0 Å². The largest absolute Gasteiger partial charge is 0.355 e. The van der Waals surface area contributed by atoms with Gasteiger partial charge in [-0.25, -0.2) is 15.1 Å². The van der Waals surface area contributed by atoms with Crippen LogP contribution in [0.1, 0.15) is 5.82 Å². The minimum Gasteiger partial charge on any atom is -0.355 e. The van der Waals surface area contributed by atoms with Crippen LogP contribution in [-0.4, -0.2) is 56.1 Å². The van der Waals surface area contributed by atoms with Gasteiger partial charge in [0.2, 0.25) is 0 Å². The maximum absolute atomic E-state index is 11.2. The van der Waals surface area contributed by atoms with Crippen LogP contribution in [0.4, 0.5) is 11.6 Å². The number of hydrogen-bond acceptors (Lipinski definition) is 7. The number of fused-ring (bicyclic) bond motifs is 2. The Bertz CT molecular complexity index is 1010. The normalized spacial score (nSPS) is 22.4. The molecule has 0 aromatic carbocycles. The number of aromatic amines is 1. The van der Waals surface area contributed by atoms with Gasteiger partial charge in [-0.05, 0) is 13.0 Å². The number of aromatic nitrogens is 6. The van der Waals surface area contributed by atoms with Gasteiger partial charge in [-0.2, -0.15) is 10.2 Å². The lowest BCUT2D eigenvalue weighted by molar-refractivity contribution is 0.533. The number of aryl methyl sites for hydroxylation is 2. The molecule has 0 radical (unpaired) electrons. The molecule has 3 aromatic rings. The average Bonchev–Trinajstić information content (AvgIpc) is 3.29. The highest BCUT2D eigenvalue weighted by molar-refractivity contribution is 5.87. The molecular formula is C17H20N8O. The molecule has 9 nitrogen and oxygen atoms in total. The molecule has 0 saturated carbocycles. The molecule has 9 heteroatoms. The average molecular weight is 352 g/mol. The predicted octanol–water partition coefficient (Wildman–Crippen LogP) is 0.328. The van der Waals surface area contributed by atoms with Crippen molar-refractivity contribution in [3.63, 3.8) is 0 Å². The molecule has 5 rings (SSSR count). The summed E-state index contributed by atoms with van der Waals surface area (Å²) in [6.45, 7) is 5.74. The lowest BCUT2D eigenvalue weighted by Gasteiger charge is -2.23. The monoisotopic (exact) mass is 352 g/mol. The summed E-state index contributed by atoms with van der Waals surface area (Å²) in [5.41, 5.74) is 0.711. The molecule has 2 fully saturated rings. The minimum absolute atomic E-state index is 0.168. The summed E-state index contributed by atoms with van der Waals surface area (Å²) >= 11 is 0. The Morgan fingerprint density at radius 2 is 1.81 bits per heavy atom. The van der Waals surface area contributed by atoms with Crippen molar-refractivity contribution in [1.29, 1.82) is 0 Å². The summed E-state index contributed by atoms with van der Waals surface area (Å²) in [4.78, 5) is 25.1. The highest BCUT2D eigenvalue weighted by atomic mass is 16.1. The van der Waals surface area contributed by atoms with Crippen LogP contribution in [0.2, 0.25) is 0 Å². The van der Waals surface area contributed by atoms with E-state index in [1.165, 1.54) is 6.07 Å². The third kappa shape index (κ3) is 2.34. The van der Waals surface area contributed by atoms with Crippen molar-refractivity contribution in [3.05, 3.63) is 34.5 Å². The van der Waals surface area contributed by atoms with Gasteiger partial charge >= 0.3 is 0 Å². The molecule has 2 atom stereocenters. The van der Waals surface area contributed by atoms with Crippen LogP contribution < -0.4 is 15.4 Å². The number of H-pyrrole nitrogens is 1. The van der Waals surface area contributed by atoms with Gasteiger partial charge < -0.3 is 9.80 Å². The fraction of sp³-hybridized carbons (Fsp3) is 0.471. The third-order valence-corrected chi connectivity index (χ3v) is 5.46. The van der Waals surface area contributed by atoms with E-state index >= 15 is 0 Å². The Balaban J connectivity index is 1.39. The Hall–Kier alpha value is -2.97. The number of nitrogens with one attached hydrogen (secondary N) is 1. The van der Waals surface area contributed by atoms with Gasteiger partial charge in [0.1, 0.15) is 17.5 Å². The molecule has 2 saturated heterocycles. The van der Waals surface area contributed by atoms with Crippen LogP contribution >= 0.6 is 0 Å². The zero-order valence-electron chi connectivity index (χ0n) is 14.8. The molecule has 1 N–H and O–H groups in total. The number of hydrogen-bond donors (Lipinski definition) is 1. The van der Waals surface area contributed by atoms with Gasteiger partial charge in [-0.3, -0.25) is 9.48 Å². The van der Waals surface area contributed by atoms with Gasteiger partial charge in [-0.1, -0.05) is 0 Å². The van der Waals surface area contributed by atoms with Crippen LogP contribution in [0.15, 0.2) is 23.1 Å². The summed E-state index contributed by atoms with van der Waals surface area (Å²) < 4.78 is 1.80.